The number of anilines is 1. The molecule has 0 aliphatic carbocycles. The Kier molecular flexibility index (Phi) is 6.80. The molecule has 2 aromatic heterocycles. The largest absolute Gasteiger partial charge is 0.467 e. The molecule has 1 aromatic carbocycles. The Balaban J connectivity index is 0.00000245. The van der Waals surface area contributed by atoms with Crippen LogP contribution in [0.2, 0.25) is 0 Å². The fourth-order valence-corrected chi connectivity index (χ4v) is 4.55. The second-order valence-corrected chi connectivity index (χ2v) is 8.16. The lowest BCUT2D eigenvalue weighted by molar-refractivity contribution is 0.118. The fourth-order valence-electron chi connectivity index (χ4n) is 4.55. The van der Waals surface area contributed by atoms with E-state index in [-0.39, 0.29) is 18.3 Å². The number of methoxy groups -OCH3 is 1. The molecular formula is C22H29ClN6O3. The molecule has 2 aliphatic rings. The van der Waals surface area contributed by atoms with Crippen molar-refractivity contribution in [3.05, 3.63) is 35.5 Å². The van der Waals surface area contributed by atoms with Crippen molar-refractivity contribution in [3.8, 4) is 11.8 Å². The van der Waals surface area contributed by atoms with E-state index in [1.165, 1.54) is 5.56 Å². The van der Waals surface area contributed by atoms with E-state index < -0.39 is 6.10 Å². The second kappa shape index (κ2) is 9.58. The van der Waals surface area contributed by atoms with Gasteiger partial charge < -0.3 is 24.8 Å². The van der Waals surface area contributed by atoms with E-state index in [1.54, 1.807) is 7.11 Å². The molecule has 0 radical (unpaired) electrons. The molecule has 2 atom stereocenters. The molecule has 2 aliphatic heterocycles. The zero-order valence-electron chi connectivity index (χ0n) is 18.3. The standard InChI is InChI=1S/C22H28N6O3.ClH/c1-14-9-15-12-24-28(18(15)10-17(14)16-3-4-23-13-19(16)29)21-11-20(25-22(26-21)30-2)27-5-7-31-8-6-27;/h9-12,16,19,23,29H,3-8,13H2,1-2H3;1H/t16-,19+;/m1./s1. The molecule has 10 heteroatoms. The summed E-state index contributed by atoms with van der Waals surface area (Å²) >= 11 is 0. The van der Waals surface area contributed by atoms with Gasteiger partial charge in [0.25, 0.3) is 0 Å². The number of aryl methyl sites for hydroxylation is 1. The van der Waals surface area contributed by atoms with Crippen molar-refractivity contribution >= 4 is 29.1 Å². The minimum atomic E-state index is -0.395. The van der Waals surface area contributed by atoms with Crippen LogP contribution in [0, 0.1) is 6.92 Å². The maximum atomic E-state index is 10.6. The first-order valence-electron chi connectivity index (χ1n) is 10.8. The average Bonchev–Trinajstić information content (AvgIpc) is 3.22. The van der Waals surface area contributed by atoms with Gasteiger partial charge in [-0.3, -0.25) is 0 Å². The molecular weight excluding hydrogens is 432 g/mol. The Bertz CT molecular complexity index is 1080. The van der Waals surface area contributed by atoms with Crippen LogP contribution in [0.5, 0.6) is 6.01 Å². The van der Waals surface area contributed by atoms with Gasteiger partial charge in [0, 0.05) is 37.0 Å². The molecule has 172 valence electrons. The van der Waals surface area contributed by atoms with Gasteiger partial charge in [0.15, 0.2) is 5.82 Å². The van der Waals surface area contributed by atoms with Crippen molar-refractivity contribution < 1.29 is 14.6 Å². The van der Waals surface area contributed by atoms with E-state index in [1.807, 2.05) is 16.9 Å². The zero-order chi connectivity index (χ0) is 21.4. The van der Waals surface area contributed by atoms with Gasteiger partial charge in [0.05, 0.1) is 38.1 Å². The first kappa shape index (κ1) is 22.7. The van der Waals surface area contributed by atoms with E-state index in [4.69, 9.17) is 9.47 Å². The summed E-state index contributed by atoms with van der Waals surface area (Å²) in [6, 6.07) is 6.55. The molecule has 32 heavy (non-hydrogen) atoms. The molecule has 0 saturated carbocycles. The molecule has 9 nitrogen and oxygen atoms in total. The summed E-state index contributed by atoms with van der Waals surface area (Å²) in [5, 5.41) is 19.5. The highest BCUT2D eigenvalue weighted by atomic mass is 35.5. The number of aromatic nitrogens is 4. The lowest BCUT2D eigenvalue weighted by Gasteiger charge is -2.30. The van der Waals surface area contributed by atoms with Crippen LogP contribution < -0.4 is 15.0 Å². The van der Waals surface area contributed by atoms with Gasteiger partial charge >= 0.3 is 6.01 Å². The molecule has 0 amide bonds. The number of ether oxygens (including phenoxy) is 2. The monoisotopic (exact) mass is 460 g/mol. The SMILES string of the molecule is COc1nc(N2CCOCC2)cc(-n2ncc3cc(C)c([C@H]4CCNC[C@@H]4O)cc32)n1.Cl. The van der Waals surface area contributed by atoms with Gasteiger partial charge in [-0.05, 0) is 43.1 Å². The number of halogens is 1. The zero-order valence-corrected chi connectivity index (χ0v) is 19.1. The number of morpholine rings is 1. The van der Waals surface area contributed by atoms with Crippen LogP contribution in [-0.4, -0.2) is 77.5 Å². The van der Waals surface area contributed by atoms with Crippen LogP contribution in [0.3, 0.4) is 0 Å². The highest BCUT2D eigenvalue weighted by molar-refractivity contribution is 5.85. The molecule has 4 heterocycles. The van der Waals surface area contributed by atoms with Crippen molar-refractivity contribution in [2.45, 2.75) is 25.4 Å². The summed E-state index contributed by atoms with van der Waals surface area (Å²) in [5.41, 5.74) is 3.30. The number of nitrogens with one attached hydrogen (secondary N) is 1. The first-order chi connectivity index (χ1) is 15.1. The van der Waals surface area contributed by atoms with Crippen molar-refractivity contribution in [2.24, 2.45) is 0 Å². The van der Waals surface area contributed by atoms with Crippen molar-refractivity contribution in [2.75, 3.05) is 51.4 Å². The summed E-state index contributed by atoms with van der Waals surface area (Å²) < 4.78 is 12.7. The van der Waals surface area contributed by atoms with E-state index >= 15 is 0 Å². The minimum absolute atomic E-state index is 0. The van der Waals surface area contributed by atoms with Crippen LogP contribution in [0.1, 0.15) is 23.5 Å². The van der Waals surface area contributed by atoms with E-state index in [2.05, 4.69) is 44.3 Å². The number of aliphatic hydroxyl groups is 1. The summed E-state index contributed by atoms with van der Waals surface area (Å²) in [6.07, 6.45) is 2.37. The molecule has 0 bridgehead atoms. The summed E-state index contributed by atoms with van der Waals surface area (Å²) in [4.78, 5) is 11.3. The van der Waals surface area contributed by atoms with Crippen LogP contribution in [0.25, 0.3) is 16.7 Å². The highest BCUT2D eigenvalue weighted by Gasteiger charge is 2.26. The summed E-state index contributed by atoms with van der Waals surface area (Å²) in [6.45, 7) is 6.52. The maximum absolute atomic E-state index is 10.6. The lowest BCUT2D eigenvalue weighted by Crippen LogP contribution is -2.39. The molecule has 0 spiro atoms. The predicted molar refractivity (Wildman–Crippen MR) is 124 cm³/mol. The van der Waals surface area contributed by atoms with Crippen molar-refractivity contribution in [1.82, 2.24) is 25.1 Å². The third kappa shape index (κ3) is 4.25. The first-order valence-corrected chi connectivity index (χ1v) is 10.8. The number of aliphatic hydroxyl groups excluding tert-OH is 1. The maximum Gasteiger partial charge on any atom is 0.320 e. The molecule has 3 aromatic rings. The Morgan fingerprint density at radius 1 is 1.16 bits per heavy atom. The van der Waals surface area contributed by atoms with Crippen LogP contribution in [-0.2, 0) is 4.74 Å². The van der Waals surface area contributed by atoms with Crippen LogP contribution >= 0.6 is 12.4 Å². The van der Waals surface area contributed by atoms with Gasteiger partial charge in [0.2, 0.25) is 0 Å². The molecule has 2 saturated heterocycles. The quantitative estimate of drug-likeness (QED) is 0.608. The van der Waals surface area contributed by atoms with Crippen LogP contribution in [0.4, 0.5) is 5.82 Å². The Morgan fingerprint density at radius 3 is 2.69 bits per heavy atom. The second-order valence-electron chi connectivity index (χ2n) is 8.16. The van der Waals surface area contributed by atoms with Gasteiger partial charge in [-0.2, -0.15) is 15.1 Å². The number of hydrogen-bond acceptors (Lipinski definition) is 8. The lowest BCUT2D eigenvalue weighted by atomic mass is 9.85. The van der Waals surface area contributed by atoms with Gasteiger partial charge in [-0.15, -0.1) is 12.4 Å². The Labute approximate surface area is 193 Å². The van der Waals surface area contributed by atoms with E-state index in [9.17, 15) is 5.11 Å². The average molecular weight is 461 g/mol. The number of rotatable bonds is 4. The number of piperidine rings is 1. The third-order valence-corrected chi connectivity index (χ3v) is 6.22. The highest BCUT2D eigenvalue weighted by Crippen LogP contribution is 2.32. The smallest absolute Gasteiger partial charge is 0.320 e. The molecule has 0 unspecified atom stereocenters. The number of fused-ring (bicyclic) bond motifs is 1. The topological polar surface area (TPSA) is 97.6 Å². The van der Waals surface area contributed by atoms with Gasteiger partial charge in [0.1, 0.15) is 5.82 Å². The molecule has 2 fully saturated rings. The van der Waals surface area contributed by atoms with E-state index in [0.717, 1.165) is 48.3 Å². The molecule has 2 N–H and O–H groups in total. The molecule has 5 rings (SSSR count). The Morgan fingerprint density at radius 2 is 1.94 bits per heavy atom. The predicted octanol–water partition coefficient (Wildman–Crippen LogP) is 1.83. The number of nitrogens with zero attached hydrogens (tertiary/aromatic N) is 5. The summed E-state index contributed by atoms with van der Waals surface area (Å²) in [5.74, 6) is 1.57. The van der Waals surface area contributed by atoms with Gasteiger partial charge in [-0.25, -0.2) is 4.68 Å². The van der Waals surface area contributed by atoms with Crippen LogP contribution in [0.15, 0.2) is 24.4 Å². The Hall–Kier alpha value is -2.46. The van der Waals surface area contributed by atoms with E-state index in [0.29, 0.717) is 31.6 Å². The third-order valence-electron chi connectivity index (χ3n) is 6.22. The fraction of sp³-hybridized carbons (Fsp3) is 0.500. The van der Waals surface area contributed by atoms with Crippen molar-refractivity contribution in [1.29, 1.82) is 0 Å². The number of β-amino-alcohol motifs (C(OH)–C–C–N with tert-alkyl or cyclic N) is 1. The number of benzene rings is 1. The number of hydrogen-bond donors (Lipinski definition) is 2. The summed E-state index contributed by atoms with van der Waals surface area (Å²) in [7, 11) is 1.57. The normalized spacial score (nSPS) is 21.4. The van der Waals surface area contributed by atoms with Crippen molar-refractivity contribution in [3.63, 3.8) is 0 Å². The minimum Gasteiger partial charge on any atom is -0.467 e. The van der Waals surface area contributed by atoms with Gasteiger partial charge in [-0.1, -0.05) is 0 Å².